The quantitative estimate of drug-likeness (QED) is 0.911. The molecule has 2 aromatic carbocycles. The summed E-state index contributed by atoms with van der Waals surface area (Å²) >= 11 is 3.40. The molecule has 2 N–H and O–H groups in total. The Bertz CT molecular complexity index is 560. The summed E-state index contributed by atoms with van der Waals surface area (Å²) in [4.78, 5) is 0. The minimum Gasteiger partial charge on any atom is -0.489 e. The average Bonchev–Trinajstić information content (AvgIpc) is 2.36. The SMILES string of the molecule is NCCc1cc(F)cc(OCc2cccc(Br)c2)c1. The Morgan fingerprint density at radius 2 is 1.95 bits per heavy atom. The van der Waals surface area contributed by atoms with Gasteiger partial charge in [-0.3, -0.25) is 0 Å². The third-order valence-corrected chi connectivity index (χ3v) is 3.15. The summed E-state index contributed by atoms with van der Waals surface area (Å²) in [6.07, 6.45) is 0.644. The lowest BCUT2D eigenvalue weighted by Crippen LogP contribution is -2.03. The predicted octanol–water partition coefficient (Wildman–Crippen LogP) is 3.67. The van der Waals surface area contributed by atoms with Crippen LogP contribution in [0.4, 0.5) is 4.39 Å². The maximum Gasteiger partial charge on any atom is 0.127 e. The van der Waals surface area contributed by atoms with Gasteiger partial charge in [0.05, 0.1) is 0 Å². The van der Waals surface area contributed by atoms with Crippen molar-refractivity contribution in [1.82, 2.24) is 0 Å². The molecule has 0 amide bonds. The molecule has 0 aliphatic carbocycles. The average molecular weight is 324 g/mol. The van der Waals surface area contributed by atoms with Crippen molar-refractivity contribution in [2.45, 2.75) is 13.0 Å². The van der Waals surface area contributed by atoms with Crippen LogP contribution in [0.1, 0.15) is 11.1 Å². The molecular weight excluding hydrogens is 309 g/mol. The summed E-state index contributed by atoms with van der Waals surface area (Å²) in [6, 6.07) is 12.5. The van der Waals surface area contributed by atoms with Gasteiger partial charge in [-0.05, 0) is 48.4 Å². The Kier molecular flexibility index (Phi) is 4.93. The first kappa shape index (κ1) is 14.0. The Hall–Kier alpha value is -1.39. The Morgan fingerprint density at radius 3 is 2.68 bits per heavy atom. The Labute approximate surface area is 120 Å². The number of hydrogen-bond acceptors (Lipinski definition) is 2. The van der Waals surface area contributed by atoms with E-state index >= 15 is 0 Å². The normalized spacial score (nSPS) is 10.5. The number of rotatable bonds is 5. The molecule has 2 nitrogen and oxygen atoms in total. The Morgan fingerprint density at radius 1 is 1.11 bits per heavy atom. The van der Waals surface area contributed by atoms with Gasteiger partial charge in [0.25, 0.3) is 0 Å². The van der Waals surface area contributed by atoms with Gasteiger partial charge in [-0.25, -0.2) is 4.39 Å². The van der Waals surface area contributed by atoms with Gasteiger partial charge in [-0.2, -0.15) is 0 Å². The summed E-state index contributed by atoms with van der Waals surface area (Å²) in [5.41, 5.74) is 7.35. The molecule has 0 spiro atoms. The molecule has 0 fully saturated rings. The number of hydrogen-bond donors (Lipinski definition) is 1. The van der Waals surface area contributed by atoms with Crippen molar-refractivity contribution >= 4 is 15.9 Å². The molecule has 0 saturated heterocycles. The highest BCUT2D eigenvalue weighted by atomic mass is 79.9. The summed E-state index contributed by atoms with van der Waals surface area (Å²) in [7, 11) is 0. The lowest BCUT2D eigenvalue weighted by atomic mass is 10.1. The van der Waals surface area contributed by atoms with Gasteiger partial charge in [0.2, 0.25) is 0 Å². The van der Waals surface area contributed by atoms with Gasteiger partial charge in [0.15, 0.2) is 0 Å². The molecule has 0 unspecified atom stereocenters. The predicted molar refractivity (Wildman–Crippen MR) is 77.6 cm³/mol. The summed E-state index contributed by atoms with van der Waals surface area (Å²) in [5, 5.41) is 0. The van der Waals surface area contributed by atoms with Gasteiger partial charge in [-0.15, -0.1) is 0 Å². The van der Waals surface area contributed by atoms with Crippen molar-refractivity contribution in [3.8, 4) is 5.75 Å². The first-order valence-corrected chi connectivity index (χ1v) is 6.83. The van der Waals surface area contributed by atoms with E-state index in [0.717, 1.165) is 15.6 Å². The Balaban J connectivity index is 2.06. The van der Waals surface area contributed by atoms with Crippen molar-refractivity contribution < 1.29 is 9.13 Å². The molecule has 0 aliphatic heterocycles. The van der Waals surface area contributed by atoms with E-state index in [0.29, 0.717) is 25.3 Å². The highest BCUT2D eigenvalue weighted by Crippen LogP contribution is 2.19. The van der Waals surface area contributed by atoms with Crippen LogP contribution in [0.25, 0.3) is 0 Å². The molecule has 0 aliphatic rings. The first-order chi connectivity index (χ1) is 9.17. The molecule has 0 atom stereocenters. The number of ether oxygens (including phenoxy) is 1. The second-order valence-electron chi connectivity index (χ2n) is 4.25. The van der Waals surface area contributed by atoms with E-state index in [2.05, 4.69) is 15.9 Å². The van der Waals surface area contributed by atoms with E-state index in [9.17, 15) is 4.39 Å². The van der Waals surface area contributed by atoms with Gasteiger partial charge in [-0.1, -0.05) is 28.1 Å². The fourth-order valence-corrected chi connectivity index (χ4v) is 2.26. The molecule has 0 bridgehead atoms. The van der Waals surface area contributed by atoms with Crippen LogP contribution in [-0.2, 0) is 13.0 Å². The highest BCUT2D eigenvalue weighted by Gasteiger charge is 2.02. The summed E-state index contributed by atoms with van der Waals surface area (Å²) < 4.78 is 20.0. The van der Waals surface area contributed by atoms with E-state index in [1.165, 1.54) is 12.1 Å². The molecule has 0 heterocycles. The summed E-state index contributed by atoms with van der Waals surface area (Å²) in [5.74, 6) is 0.235. The first-order valence-electron chi connectivity index (χ1n) is 6.04. The fourth-order valence-electron chi connectivity index (χ4n) is 1.81. The van der Waals surface area contributed by atoms with Gasteiger partial charge >= 0.3 is 0 Å². The fraction of sp³-hybridized carbons (Fsp3) is 0.200. The maximum atomic E-state index is 13.4. The second-order valence-corrected chi connectivity index (χ2v) is 5.17. The van der Waals surface area contributed by atoms with Crippen LogP contribution in [0.5, 0.6) is 5.75 Å². The third kappa shape index (κ3) is 4.33. The van der Waals surface area contributed by atoms with Crippen molar-refractivity contribution in [2.75, 3.05) is 6.54 Å². The van der Waals surface area contributed by atoms with E-state index in [-0.39, 0.29) is 5.82 Å². The minimum atomic E-state index is -0.296. The lowest BCUT2D eigenvalue weighted by Gasteiger charge is -2.09. The van der Waals surface area contributed by atoms with E-state index < -0.39 is 0 Å². The highest BCUT2D eigenvalue weighted by molar-refractivity contribution is 9.10. The standard InChI is InChI=1S/C15H15BrFNO/c16-13-3-1-2-12(6-13)10-19-15-8-11(4-5-18)7-14(17)9-15/h1-3,6-9H,4-5,10,18H2. The monoisotopic (exact) mass is 323 g/mol. The van der Waals surface area contributed by atoms with Crippen molar-refractivity contribution in [2.24, 2.45) is 5.73 Å². The van der Waals surface area contributed by atoms with Gasteiger partial charge in [0.1, 0.15) is 18.2 Å². The topological polar surface area (TPSA) is 35.2 Å². The molecular formula is C15H15BrFNO. The van der Waals surface area contributed by atoms with Crippen molar-refractivity contribution in [3.05, 3.63) is 63.9 Å². The third-order valence-electron chi connectivity index (χ3n) is 2.66. The van der Waals surface area contributed by atoms with Crippen LogP contribution in [0.15, 0.2) is 46.9 Å². The van der Waals surface area contributed by atoms with Crippen molar-refractivity contribution in [3.63, 3.8) is 0 Å². The number of benzene rings is 2. The maximum absolute atomic E-state index is 13.4. The van der Waals surface area contributed by atoms with Gasteiger partial charge < -0.3 is 10.5 Å². The molecule has 19 heavy (non-hydrogen) atoms. The number of halogens is 2. The van der Waals surface area contributed by atoms with Crippen LogP contribution in [0.3, 0.4) is 0 Å². The van der Waals surface area contributed by atoms with Gasteiger partial charge in [0, 0.05) is 10.5 Å². The zero-order valence-corrected chi connectivity index (χ0v) is 12.0. The van der Waals surface area contributed by atoms with Crippen LogP contribution in [0, 0.1) is 5.82 Å². The van der Waals surface area contributed by atoms with Crippen LogP contribution >= 0.6 is 15.9 Å². The molecule has 2 aromatic rings. The van der Waals surface area contributed by atoms with E-state index in [1.54, 1.807) is 0 Å². The van der Waals surface area contributed by atoms with Crippen LogP contribution in [-0.4, -0.2) is 6.54 Å². The smallest absolute Gasteiger partial charge is 0.127 e. The molecule has 4 heteroatoms. The van der Waals surface area contributed by atoms with E-state index in [4.69, 9.17) is 10.5 Å². The zero-order valence-electron chi connectivity index (χ0n) is 10.4. The van der Waals surface area contributed by atoms with E-state index in [1.807, 2.05) is 30.3 Å². The number of nitrogens with two attached hydrogens (primary N) is 1. The largest absolute Gasteiger partial charge is 0.489 e. The summed E-state index contributed by atoms with van der Waals surface area (Å²) in [6.45, 7) is 0.902. The molecule has 2 rings (SSSR count). The molecule has 100 valence electrons. The zero-order chi connectivity index (χ0) is 13.7. The van der Waals surface area contributed by atoms with Crippen molar-refractivity contribution in [1.29, 1.82) is 0 Å². The lowest BCUT2D eigenvalue weighted by molar-refractivity contribution is 0.304. The molecule has 0 aromatic heterocycles. The minimum absolute atomic E-state index is 0.296. The molecule has 0 radical (unpaired) electrons. The van der Waals surface area contributed by atoms with Crippen LogP contribution in [0.2, 0.25) is 0 Å². The van der Waals surface area contributed by atoms with Crippen LogP contribution < -0.4 is 10.5 Å². The molecule has 0 saturated carbocycles. The second kappa shape index (κ2) is 6.68.